The first kappa shape index (κ1) is 29.7. The van der Waals surface area contributed by atoms with Crippen LogP contribution in [0.3, 0.4) is 0 Å². The molecule has 2 heterocycles. The minimum atomic E-state index is -1.02. The molecule has 1 aliphatic heterocycles. The summed E-state index contributed by atoms with van der Waals surface area (Å²) in [6.45, 7) is 7.71. The van der Waals surface area contributed by atoms with E-state index in [4.69, 9.17) is 23.7 Å². The molecule has 1 aromatic rings. The molecular weight excluding hydrogens is 492 g/mol. The molecule has 0 radical (unpaired) electrons. The number of ether oxygens (including phenoxy) is 5. The first-order valence-electron chi connectivity index (χ1n) is 13.6. The maximum atomic E-state index is 13.2. The third-order valence-electron chi connectivity index (χ3n) is 7.42. The Bertz CT molecular complexity index is 947. The normalized spacial score (nSPS) is 24.6. The minimum absolute atomic E-state index is 0.00508. The van der Waals surface area contributed by atoms with Gasteiger partial charge in [-0.2, -0.15) is 0 Å². The molecule has 2 aliphatic rings. The zero-order chi connectivity index (χ0) is 27.7. The van der Waals surface area contributed by atoms with Gasteiger partial charge in [-0.05, 0) is 31.1 Å². The Morgan fingerprint density at radius 1 is 1.21 bits per heavy atom. The number of esters is 2. The van der Waals surface area contributed by atoms with Crippen molar-refractivity contribution in [1.82, 2.24) is 10.3 Å². The van der Waals surface area contributed by atoms with Gasteiger partial charge in [0, 0.05) is 31.7 Å². The predicted octanol–water partition coefficient (Wildman–Crippen LogP) is 3.91. The Balaban J connectivity index is 1.77. The van der Waals surface area contributed by atoms with E-state index in [-0.39, 0.29) is 41.7 Å². The van der Waals surface area contributed by atoms with Gasteiger partial charge in [-0.3, -0.25) is 9.59 Å². The fraction of sp³-hybridized carbons (Fsp3) is 0.714. The summed E-state index contributed by atoms with van der Waals surface area (Å²) in [6, 6.07) is 0.492. The monoisotopic (exact) mass is 534 g/mol. The summed E-state index contributed by atoms with van der Waals surface area (Å²) in [5, 5.41) is 2.70. The Kier molecular flexibility index (Phi) is 11.2. The second kappa shape index (κ2) is 14.3. The maximum absolute atomic E-state index is 13.2. The van der Waals surface area contributed by atoms with E-state index in [9.17, 15) is 14.4 Å². The minimum Gasteiger partial charge on any atom is -0.493 e. The molecule has 212 valence electrons. The van der Waals surface area contributed by atoms with E-state index in [0.29, 0.717) is 18.4 Å². The molecule has 0 spiro atoms. The topological polar surface area (TPSA) is 122 Å². The van der Waals surface area contributed by atoms with E-state index in [1.54, 1.807) is 0 Å². The lowest BCUT2D eigenvalue weighted by Crippen LogP contribution is -2.46. The second-order valence-corrected chi connectivity index (χ2v) is 10.6. The SMILES string of the molecule is COc1ccnc(C(=O)N[C@H]2COC[C@H](CCC(C)C)[C@@H](C3CCCC3)[C@H](C)OC2=O)c1OCOC(C)=O. The third-order valence-corrected chi connectivity index (χ3v) is 7.42. The molecular formula is C28H42N2O8. The quantitative estimate of drug-likeness (QED) is 0.352. The average molecular weight is 535 g/mol. The molecule has 4 atom stereocenters. The van der Waals surface area contributed by atoms with Crippen LogP contribution in [0.4, 0.5) is 0 Å². The van der Waals surface area contributed by atoms with Crippen LogP contribution in [0.15, 0.2) is 12.3 Å². The van der Waals surface area contributed by atoms with Crippen molar-refractivity contribution in [3.05, 3.63) is 18.0 Å². The van der Waals surface area contributed by atoms with Crippen LogP contribution in [0, 0.1) is 23.7 Å². The molecule has 1 saturated carbocycles. The Morgan fingerprint density at radius 3 is 2.61 bits per heavy atom. The van der Waals surface area contributed by atoms with Crippen LogP contribution in [0.1, 0.15) is 76.7 Å². The van der Waals surface area contributed by atoms with Crippen LogP contribution in [0.5, 0.6) is 11.5 Å². The zero-order valence-electron chi connectivity index (χ0n) is 23.2. The predicted molar refractivity (Wildman–Crippen MR) is 139 cm³/mol. The van der Waals surface area contributed by atoms with Crippen molar-refractivity contribution in [2.24, 2.45) is 23.7 Å². The Hall–Kier alpha value is -2.88. The second-order valence-electron chi connectivity index (χ2n) is 10.6. The van der Waals surface area contributed by atoms with Crippen molar-refractivity contribution in [1.29, 1.82) is 0 Å². The highest BCUT2D eigenvalue weighted by Crippen LogP contribution is 2.41. The number of cyclic esters (lactones) is 1. The highest BCUT2D eigenvalue weighted by molar-refractivity contribution is 5.98. The summed E-state index contributed by atoms with van der Waals surface area (Å²) in [5.74, 6) is 0.0516. The van der Waals surface area contributed by atoms with Crippen molar-refractivity contribution in [2.45, 2.75) is 78.4 Å². The molecule has 1 saturated heterocycles. The van der Waals surface area contributed by atoms with Crippen LogP contribution in [-0.2, 0) is 23.8 Å². The number of nitrogens with one attached hydrogen (secondary N) is 1. The van der Waals surface area contributed by atoms with Crippen LogP contribution < -0.4 is 14.8 Å². The molecule has 10 heteroatoms. The molecule has 2 fully saturated rings. The highest BCUT2D eigenvalue weighted by Gasteiger charge is 2.40. The van der Waals surface area contributed by atoms with Crippen molar-refractivity contribution in [2.75, 3.05) is 27.1 Å². The Labute approximate surface area is 225 Å². The lowest BCUT2D eigenvalue weighted by atomic mass is 9.75. The molecule has 1 amide bonds. The third kappa shape index (κ3) is 8.06. The zero-order valence-corrected chi connectivity index (χ0v) is 23.2. The van der Waals surface area contributed by atoms with Gasteiger partial charge in [0.25, 0.3) is 5.91 Å². The van der Waals surface area contributed by atoms with Gasteiger partial charge in [0.15, 0.2) is 23.2 Å². The molecule has 0 aromatic carbocycles. The van der Waals surface area contributed by atoms with Gasteiger partial charge in [0.2, 0.25) is 6.79 Å². The highest BCUT2D eigenvalue weighted by atomic mass is 16.7. The van der Waals surface area contributed by atoms with Crippen molar-refractivity contribution in [3.8, 4) is 11.5 Å². The summed E-state index contributed by atoms with van der Waals surface area (Å²) < 4.78 is 27.6. The van der Waals surface area contributed by atoms with E-state index < -0.39 is 30.7 Å². The number of rotatable bonds is 10. The molecule has 1 N–H and O–H groups in total. The summed E-state index contributed by atoms with van der Waals surface area (Å²) in [6.07, 6.45) is 7.87. The largest absolute Gasteiger partial charge is 0.493 e. The van der Waals surface area contributed by atoms with Gasteiger partial charge in [-0.25, -0.2) is 9.78 Å². The van der Waals surface area contributed by atoms with E-state index in [2.05, 4.69) is 24.1 Å². The van der Waals surface area contributed by atoms with E-state index in [1.165, 1.54) is 39.1 Å². The van der Waals surface area contributed by atoms with Crippen molar-refractivity contribution < 1.29 is 38.1 Å². The summed E-state index contributed by atoms with van der Waals surface area (Å²) in [5.41, 5.74) is -0.115. The lowest BCUT2D eigenvalue weighted by molar-refractivity contribution is -0.155. The average Bonchev–Trinajstić information content (AvgIpc) is 3.40. The standard InChI is InChI=1S/C28H42N2O8/c1-17(2)10-11-21-14-35-15-22(28(33)38-18(3)24(21)20-8-6-7-9-20)30-27(32)25-26(37-16-36-19(4)31)23(34-5)12-13-29-25/h12-13,17-18,20-22,24H,6-11,14-16H2,1-5H3,(H,30,32)/t18-,21-,22-,24+/m0/s1. The molecule has 1 aliphatic carbocycles. The number of methoxy groups -OCH3 is 1. The van der Waals surface area contributed by atoms with Gasteiger partial charge in [-0.15, -0.1) is 0 Å². The van der Waals surface area contributed by atoms with Gasteiger partial charge in [-0.1, -0.05) is 46.0 Å². The number of nitrogens with zero attached hydrogens (tertiary/aromatic N) is 1. The fourth-order valence-electron chi connectivity index (χ4n) is 5.57. The number of hydrogen-bond donors (Lipinski definition) is 1. The first-order chi connectivity index (χ1) is 18.2. The van der Waals surface area contributed by atoms with E-state index in [1.807, 2.05) is 6.92 Å². The van der Waals surface area contributed by atoms with Crippen LogP contribution in [0.25, 0.3) is 0 Å². The van der Waals surface area contributed by atoms with Gasteiger partial charge < -0.3 is 29.0 Å². The molecule has 0 bridgehead atoms. The molecule has 38 heavy (non-hydrogen) atoms. The number of carbonyl (C=O) groups is 3. The fourth-order valence-corrected chi connectivity index (χ4v) is 5.57. The summed E-state index contributed by atoms with van der Waals surface area (Å²) >= 11 is 0. The molecule has 1 aromatic heterocycles. The van der Waals surface area contributed by atoms with Gasteiger partial charge in [0.05, 0.1) is 13.7 Å². The van der Waals surface area contributed by atoms with E-state index in [0.717, 1.165) is 25.7 Å². The number of pyridine rings is 1. The summed E-state index contributed by atoms with van der Waals surface area (Å²) in [4.78, 5) is 41.7. The number of hydrogen-bond acceptors (Lipinski definition) is 9. The lowest BCUT2D eigenvalue weighted by Gasteiger charge is -2.35. The maximum Gasteiger partial charge on any atom is 0.331 e. The molecule has 0 unspecified atom stereocenters. The first-order valence-corrected chi connectivity index (χ1v) is 13.6. The summed E-state index contributed by atoms with van der Waals surface area (Å²) in [7, 11) is 1.41. The number of amides is 1. The van der Waals surface area contributed by atoms with Gasteiger partial charge in [0.1, 0.15) is 6.10 Å². The number of aromatic nitrogens is 1. The van der Waals surface area contributed by atoms with Crippen molar-refractivity contribution >= 4 is 17.8 Å². The Morgan fingerprint density at radius 2 is 1.95 bits per heavy atom. The van der Waals surface area contributed by atoms with E-state index >= 15 is 0 Å². The van der Waals surface area contributed by atoms with Crippen molar-refractivity contribution in [3.63, 3.8) is 0 Å². The smallest absolute Gasteiger partial charge is 0.331 e. The van der Waals surface area contributed by atoms with Gasteiger partial charge >= 0.3 is 11.9 Å². The van der Waals surface area contributed by atoms with Crippen LogP contribution in [0.2, 0.25) is 0 Å². The van der Waals surface area contributed by atoms with Crippen LogP contribution >= 0.6 is 0 Å². The molecule has 10 nitrogen and oxygen atoms in total. The number of carbonyl (C=O) groups excluding carboxylic acids is 3. The molecule has 3 rings (SSSR count). The van der Waals surface area contributed by atoms with Crippen LogP contribution in [-0.4, -0.2) is 62.1 Å².